The summed E-state index contributed by atoms with van der Waals surface area (Å²) in [4.78, 5) is 22.6. The van der Waals surface area contributed by atoms with Gasteiger partial charge in [0.1, 0.15) is 5.60 Å². The van der Waals surface area contributed by atoms with E-state index in [1.165, 1.54) is 6.92 Å². The van der Waals surface area contributed by atoms with Gasteiger partial charge in [0.25, 0.3) is 0 Å². The Hall–Kier alpha value is -1.30. The highest BCUT2D eigenvalue weighted by atomic mass is 16.6. The van der Waals surface area contributed by atoms with Crippen molar-refractivity contribution in [1.29, 1.82) is 0 Å². The average Bonchev–Trinajstić information content (AvgIpc) is 2.13. The summed E-state index contributed by atoms with van der Waals surface area (Å²) in [5.41, 5.74) is -2.74. The minimum atomic E-state index is -2.04. The van der Waals surface area contributed by atoms with Crippen LogP contribution in [0.25, 0.3) is 0 Å². The highest BCUT2D eigenvalue weighted by Gasteiger charge is 2.38. The van der Waals surface area contributed by atoms with Crippen LogP contribution < -0.4 is 5.32 Å². The van der Waals surface area contributed by atoms with Gasteiger partial charge in [0.15, 0.2) is 0 Å². The van der Waals surface area contributed by atoms with Crippen LogP contribution in [0.3, 0.4) is 0 Å². The van der Waals surface area contributed by atoms with E-state index in [4.69, 9.17) is 4.74 Å². The van der Waals surface area contributed by atoms with Crippen molar-refractivity contribution in [3.05, 3.63) is 0 Å². The molecule has 6 heteroatoms. The van der Waals surface area contributed by atoms with E-state index in [-0.39, 0.29) is 6.42 Å². The largest absolute Gasteiger partial charge is 0.465 e. The number of ether oxygens (including phenoxy) is 2. The van der Waals surface area contributed by atoms with E-state index in [0.29, 0.717) is 0 Å². The lowest BCUT2D eigenvalue weighted by atomic mass is 10.1. The maximum atomic E-state index is 11.4. The SMILES string of the molecule is CC[C@@](O)(NC(=O)OC(C)(C)C)C(=O)OC. The standard InChI is InChI=1S/C10H19NO5/c1-6-10(14,7(12)15-5)11-8(13)16-9(2,3)4/h14H,6H2,1-5H3,(H,11,13)/t10-/m0/s1. The highest BCUT2D eigenvalue weighted by molar-refractivity contribution is 5.83. The number of carbonyl (C=O) groups is 2. The molecule has 0 aromatic carbocycles. The molecule has 0 radical (unpaired) electrons. The number of aliphatic hydroxyl groups is 1. The molecule has 0 saturated carbocycles. The molecule has 0 aliphatic rings. The van der Waals surface area contributed by atoms with Crippen molar-refractivity contribution in [1.82, 2.24) is 5.32 Å². The molecule has 0 aromatic rings. The van der Waals surface area contributed by atoms with Crippen molar-refractivity contribution in [3.8, 4) is 0 Å². The van der Waals surface area contributed by atoms with Crippen LogP contribution in [0.5, 0.6) is 0 Å². The zero-order valence-electron chi connectivity index (χ0n) is 10.3. The summed E-state index contributed by atoms with van der Waals surface area (Å²) in [7, 11) is 1.12. The van der Waals surface area contributed by atoms with Crippen molar-refractivity contribution in [3.63, 3.8) is 0 Å². The quantitative estimate of drug-likeness (QED) is 0.556. The predicted octanol–water partition coefficient (Wildman–Crippen LogP) is 0.783. The van der Waals surface area contributed by atoms with Crippen LogP contribution in [0.15, 0.2) is 0 Å². The number of rotatable bonds is 3. The number of carbonyl (C=O) groups excluding carboxylic acids is 2. The van der Waals surface area contributed by atoms with Crippen molar-refractivity contribution >= 4 is 12.1 Å². The second kappa shape index (κ2) is 5.16. The predicted molar refractivity (Wildman–Crippen MR) is 56.6 cm³/mol. The molecule has 0 aliphatic carbocycles. The molecule has 0 heterocycles. The van der Waals surface area contributed by atoms with Gasteiger partial charge in [-0.15, -0.1) is 0 Å². The summed E-state index contributed by atoms with van der Waals surface area (Å²) in [6.07, 6.45) is -0.888. The number of alkyl carbamates (subject to hydrolysis) is 1. The molecule has 0 rings (SSSR count). The number of nitrogens with one attached hydrogen (secondary N) is 1. The first-order chi connectivity index (χ1) is 7.14. The summed E-state index contributed by atoms with van der Waals surface area (Å²) in [5.74, 6) is -0.930. The van der Waals surface area contributed by atoms with Gasteiger partial charge in [0, 0.05) is 6.42 Å². The zero-order valence-corrected chi connectivity index (χ0v) is 10.3. The summed E-state index contributed by atoms with van der Waals surface area (Å²) < 4.78 is 9.29. The minimum Gasteiger partial charge on any atom is -0.465 e. The first-order valence-electron chi connectivity index (χ1n) is 4.96. The molecule has 0 aliphatic heterocycles. The van der Waals surface area contributed by atoms with Gasteiger partial charge in [0.05, 0.1) is 7.11 Å². The maximum Gasteiger partial charge on any atom is 0.410 e. The Morgan fingerprint density at radius 2 is 1.81 bits per heavy atom. The van der Waals surface area contributed by atoms with Crippen molar-refractivity contribution < 1.29 is 24.2 Å². The van der Waals surface area contributed by atoms with Crippen molar-refractivity contribution in [2.24, 2.45) is 0 Å². The smallest absolute Gasteiger partial charge is 0.410 e. The average molecular weight is 233 g/mol. The lowest BCUT2D eigenvalue weighted by molar-refractivity contribution is -0.166. The Bertz CT molecular complexity index is 271. The van der Waals surface area contributed by atoms with Gasteiger partial charge in [-0.1, -0.05) is 6.92 Å². The summed E-state index contributed by atoms with van der Waals surface area (Å²) in [5, 5.41) is 11.8. The van der Waals surface area contributed by atoms with Crippen LogP contribution >= 0.6 is 0 Å². The number of hydrogen-bond acceptors (Lipinski definition) is 5. The Morgan fingerprint density at radius 1 is 1.31 bits per heavy atom. The lowest BCUT2D eigenvalue weighted by Crippen LogP contribution is -2.55. The number of hydrogen-bond donors (Lipinski definition) is 2. The number of esters is 1. The Morgan fingerprint density at radius 3 is 2.12 bits per heavy atom. The van der Waals surface area contributed by atoms with E-state index >= 15 is 0 Å². The van der Waals surface area contributed by atoms with Crippen LogP contribution in [0.4, 0.5) is 4.79 Å². The van der Waals surface area contributed by atoms with Gasteiger partial charge in [-0.3, -0.25) is 5.32 Å². The fraction of sp³-hybridized carbons (Fsp3) is 0.800. The van der Waals surface area contributed by atoms with Crippen LogP contribution in [0.1, 0.15) is 34.1 Å². The first-order valence-corrected chi connectivity index (χ1v) is 4.96. The van der Waals surface area contributed by atoms with E-state index in [2.05, 4.69) is 10.1 Å². The van der Waals surface area contributed by atoms with Gasteiger partial charge in [-0.05, 0) is 20.8 Å². The van der Waals surface area contributed by atoms with E-state index < -0.39 is 23.4 Å². The van der Waals surface area contributed by atoms with E-state index in [1.54, 1.807) is 20.8 Å². The highest BCUT2D eigenvalue weighted by Crippen LogP contribution is 2.11. The van der Waals surface area contributed by atoms with Gasteiger partial charge in [-0.25, -0.2) is 9.59 Å². The third kappa shape index (κ3) is 4.48. The van der Waals surface area contributed by atoms with Gasteiger partial charge in [-0.2, -0.15) is 0 Å². The lowest BCUT2D eigenvalue weighted by Gasteiger charge is -2.27. The molecule has 0 unspecified atom stereocenters. The summed E-state index contributed by atoms with van der Waals surface area (Å²) >= 11 is 0. The number of methoxy groups -OCH3 is 1. The van der Waals surface area contributed by atoms with E-state index in [9.17, 15) is 14.7 Å². The fourth-order valence-electron chi connectivity index (χ4n) is 0.925. The third-order valence-electron chi connectivity index (χ3n) is 1.74. The topological polar surface area (TPSA) is 84.9 Å². The molecule has 1 atom stereocenters. The zero-order chi connectivity index (χ0) is 13.0. The molecule has 2 N–H and O–H groups in total. The molecule has 1 amide bonds. The van der Waals surface area contributed by atoms with E-state index in [1.807, 2.05) is 0 Å². The maximum absolute atomic E-state index is 11.4. The molecule has 16 heavy (non-hydrogen) atoms. The molecule has 0 spiro atoms. The van der Waals surface area contributed by atoms with Crippen LogP contribution in [-0.2, 0) is 14.3 Å². The van der Waals surface area contributed by atoms with Gasteiger partial charge < -0.3 is 14.6 Å². The Labute approximate surface area is 94.9 Å². The monoisotopic (exact) mass is 233 g/mol. The molecule has 0 saturated heterocycles. The molecule has 94 valence electrons. The van der Waals surface area contributed by atoms with E-state index in [0.717, 1.165) is 7.11 Å². The normalized spacial score (nSPS) is 14.9. The minimum absolute atomic E-state index is 0.0150. The third-order valence-corrected chi connectivity index (χ3v) is 1.74. The molecule has 6 nitrogen and oxygen atoms in total. The van der Waals surface area contributed by atoms with Crippen LogP contribution in [-0.4, -0.2) is 35.6 Å². The summed E-state index contributed by atoms with van der Waals surface area (Å²) in [6, 6.07) is 0. The first kappa shape index (κ1) is 14.7. The molecular formula is C10H19NO5. The number of amides is 1. The van der Waals surface area contributed by atoms with Crippen molar-refractivity contribution in [2.45, 2.75) is 45.4 Å². The van der Waals surface area contributed by atoms with Gasteiger partial charge in [0.2, 0.25) is 5.72 Å². The van der Waals surface area contributed by atoms with Gasteiger partial charge >= 0.3 is 12.1 Å². The fourth-order valence-corrected chi connectivity index (χ4v) is 0.925. The summed E-state index contributed by atoms with van der Waals surface area (Å²) in [6.45, 7) is 6.56. The molecular weight excluding hydrogens is 214 g/mol. The Balaban J connectivity index is 4.55. The Kier molecular flexibility index (Phi) is 4.74. The second-order valence-electron chi connectivity index (χ2n) is 4.33. The van der Waals surface area contributed by atoms with Crippen LogP contribution in [0, 0.1) is 0 Å². The molecule has 0 fully saturated rings. The van der Waals surface area contributed by atoms with Crippen LogP contribution in [0.2, 0.25) is 0 Å². The van der Waals surface area contributed by atoms with Crippen molar-refractivity contribution in [2.75, 3.05) is 7.11 Å². The molecule has 0 bridgehead atoms. The second-order valence-corrected chi connectivity index (χ2v) is 4.33. The molecule has 0 aromatic heterocycles.